The van der Waals surface area contributed by atoms with Gasteiger partial charge in [0, 0.05) is 11.6 Å². The molecule has 0 aromatic carbocycles. The van der Waals surface area contributed by atoms with Gasteiger partial charge in [0.2, 0.25) is 0 Å². The van der Waals surface area contributed by atoms with E-state index in [9.17, 15) is 18.0 Å². The maximum absolute atomic E-state index is 12.9. The standard InChI is InChI=1S/C8H6F3NO2/c1-3-4(9)2-5(8(13)14)12-6(3)7(10)11/h2,7H,1H3,(H,13,14). The van der Waals surface area contributed by atoms with Crippen molar-refractivity contribution in [3.05, 3.63) is 28.8 Å². The lowest BCUT2D eigenvalue weighted by Crippen LogP contribution is -2.07. The lowest BCUT2D eigenvalue weighted by atomic mass is 10.2. The van der Waals surface area contributed by atoms with Gasteiger partial charge >= 0.3 is 5.97 Å². The molecule has 0 atom stereocenters. The maximum atomic E-state index is 12.9. The summed E-state index contributed by atoms with van der Waals surface area (Å²) in [5.41, 5.74) is -1.88. The van der Waals surface area contributed by atoms with Crippen molar-refractivity contribution in [2.75, 3.05) is 0 Å². The van der Waals surface area contributed by atoms with Gasteiger partial charge in [-0.25, -0.2) is 22.9 Å². The summed E-state index contributed by atoms with van der Waals surface area (Å²) >= 11 is 0. The van der Waals surface area contributed by atoms with Crippen LogP contribution in [0.1, 0.15) is 28.2 Å². The molecule has 0 unspecified atom stereocenters. The molecule has 0 saturated carbocycles. The van der Waals surface area contributed by atoms with Crippen molar-refractivity contribution in [1.29, 1.82) is 0 Å². The summed E-state index contributed by atoms with van der Waals surface area (Å²) in [5, 5.41) is 8.43. The first-order valence-corrected chi connectivity index (χ1v) is 3.62. The lowest BCUT2D eigenvalue weighted by molar-refractivity contribution is 0.0688. The van der Waals surface area contributed by atoms with E-state index in [-0.39, 0.29) is 5.56 Å². The Labute approximate surface area is 77.2 Å². The molecule has 1 aromatic rings. The van der Waals surface area contributed by atoms with Gasteiger partial charge in [0.05, 0.1) is 0 Å². The summed E-state index contributed by atoms with van der Waals surface area (Å²) in [6.45, 7) is 1.12. The normalized spacial score (nSPS) is 10.6. The van der Waals surface area contributed by atoms with E-state index >= 15 is 0 Å². The van der Waals surface area contributed by atoms with Crippen LogP contribution in [0.3, 0.4) is 0 Å². The zero-order valence-electron chi connectivity index (χ0n) is 7.09. The van der Waals surface area contributed by atoms with E-state index in [2.05, 4.69) is 4.98 Å². The summed E-state index contributed by atoms with van der Waals surface area (Å²) in [6, 6.07) is 0.615. The van der Waals surface area contributed by atoms with Gasteiger partial charge in [0.1, 0.15) is 11.5 Å². The molecule has 0 radical (unpaired) electrons. The molecule has 1 N–H and O–H groups in total. The van der Waals surface area contributed by atoms with E-state index in [4.69, 9.17) is 5.11 Å². The fourth-order valence-electron chi connectivity index (χ4n) is 0.919. The van der Waals surface area contributed by atoms with Crippen LogP contribution in [-0.4, -0.2) is 16.1 Å². The van der Waals surface area contributed by atoms with Gasteiger partial charge in [-0.15, -0.1) is 0 Å². The number of hydrogen-bond donors (Lipinski definition) is 1. The first-order chi connectivity index (χ1) is 6.43. The molecule has 0 bridgehead atoms. The summed E-state index contributed by atoms with van der Waals surface area (Å²) in [7, 11) is 0. The van der Waals surface area contributed by atoms with Gasteiger partial charge in [-0.2, -0.15) is 0 Å². The van der Waals surface area contributed by atoms with Crippen molar-refractivity contribution >= 4 is 5.97 Å². The first-order valence-electron chi connectivity index (χ1n) is 3.62. The summed E-state index contributed by atoms with van der Waals surface area (Å²) in [5.74, 6) is -2.53. The molecule has 6 heteroatoms. The van der Waals surface area contributed by atoms with Gasteiger partial charge in [-0.05, 0) is 6.92 Å². The van der Waals surface area contributed by atoms with Crippen molar-refractivity contribution < 1.29 is 23.1 Å². The van der Waals surface area contributed by atoms with Crippen LogP contribution >= 0.6 is 0 Å². The Hall–Kier alpha value is -1.59. The Morgan fingerprint density at radius 2 is 2.14 bits per heavy atom. The van der Waals surface area contributed by atoms with Crippen LogP contribution in [0, 0.1) is 12.7 Å². The van der Waals surface area contributed by atoms with Gasteiger partial charge < -0.3 is 5.11 Å². The van der Waals surface area contributed by atoms with E-state index in [0.717, 1.165) is 6.92 Å². The third-order valence-electron chi connectivity index (χ3n) is 1.67. The van der Waals surface area contributed by atoms with Crippen molar-refractivity contribution in [3.63, 3.8) is 0 Å². The molecule has 0 fully saturated rings. The molecule has 0 spiro atoms. The van der Waals surface area contributed by atoms with Gasteiger partial charge in [0.15, 0.2) is 5.69 Å². The highest BCUT2D eigenvalue weighted by atomic mass is 19.3. The van der Waals surface area contributed by atoms with Crippen molar-refractivity contribution in [1.82, 2.24) is 4.98 Å². The van der Waals surface area contributed by atoms with Crippen LogP contribution < -0.4 is 0 Å². The van der Waals surface area contributed by atoms with Crippen LogP contribution in [0.15, 0.2) is 6.07 Å². The Balaban J connectivity index is 3.35. The SMILES string of the molecule is Cc1c(F)cc(C(=O)O)nc1C(F)F. The van der Waals surface area contributed by atoms with Crippen LogP contribution in [-0.2, 0) is 0 Å². The van der Waals surface area contributed by atoms with E-state index in [0.29, 0.717) is 6.07 Å². The number of aromatic carboxylic acids is 1. The van der Waals surface area contributed by atoms with Crippen LogP contribution in [0.5, 0.6) is 0 Å². The predicted octanol–water partition coefficient (Wildman–Crippen LogP) is 2.16. The molecule has 1 heterocycles. The number of pyridine rings is 1. The molecule has 0 aliphatic heterocycles. The lowest BCUT2D eigenvalue weighted by Gasteiger charge is -2.05. The number of halogens is 3. The number of rotatable bonds is 2. The van der Waals surface area contributed by atoms with Crippen molar-refractivity contribution in [2.24, 2.45) is 0 Å². The van der Waals surface area contributed by atoms with E-state index in [1.807, 2.05) is 0 Å². The van der Waals surface area contributed by atoms with Crippen LogP contribution in [0.25, 0.3) is 0 Å². The minimum atomic E-state index is -2.98. The largest absolute Gasteiger partial charge is 0.477 e. The molecule has 0 aliphatic rings. The zero-order chi connectivity index (χ0) is 10.9. The van der Waals surface area contributed by atoms with E-state index in [1.165, 1.54) is 0 Å². The molecular formula is C8H6F3NO2. The summed E-state index contributed by atoms with van der Waals surface area (Å²) in [6.07, 6.45) is -2.98. The third-order valence-corrected chi connectivity index (χ3v) is 1.67. The topological polar surface area (TPSA) is 50.2 Å². The number of carbonyl (C=O) groups is 1. The predicted molar refractivity (Wildman–Crippen MR) is 40.8 cm³/mol. The Bertz CT molecular complexity index is 379. The van der Waals surface area contributed by atoms with Gasteiger partial charge in [-0.3, -0.25) is 0 Å². The molecule has 14 heavy (non-hydrogen) atoms. The summed E-state index contributed by atoms with van der Waals surface area (Å²) < 4.78 is 37.4. The van der Waals surface area contributed by atoms with E-state index in [1.54, 1.807) is 0 Å². The minimum Gasteiger partial charge on any atom is -0.477 e. The average molecular weight is 205 g/mol. The first kappa shape index (κ1) is 10.5. The Morgan fingerprint density at radius 3 is 2.57 bits per heavy atom. The molecule has 76 valence electrons. The molecule has 3 nitrogen and oxygen atoms in total. The van der Waals surface area contributed by atoms with Crippen molar-refractivity contribution in [3.8, 4) is 0 Å². The van der Waals surface area contributed by atoms with Gasteiger partial charge in [-0.1, -0.05) is 0 Å². The molecule has 0 aliphatic carbocycles. The molecule has 1 aromatic heterocycles. The number of aromatic nitrogens is 1. The quantitative estimate of drug-likeness (QED) is 0.804. The van der Waals surface area contributed by atoms with E-state index < -0.39 is 29.6 Å². The highest BCUT2D eigenvalue weighted by Gasteiger charge is 2.19. The number of nitrogens with zero attached hydrogens (tertiary/aromatic N) is 1. The number of alkyl halides is 2. The number of hydrogen-bond acceptors (Lipinski definition) is 2. The fourth-order valence-corrected chi connectivity index (χ4v) is 0.919. The van der Waals surface area contributed by atoms with Crippen LogP contribution in [0.4, 0.5) is 13.2 Å². The Kier molecular flexibility index (Phi) is 2.73. The smallest absolute Gasteiger partial charge is 0.354 e. The third kappa shape index (κ3) is 1.84. The monoisotopic (exact) mass is 205 g/mol. The highest BCUT2D eigenvalue weighted by molar-refractivity contribution is 5.85. The highest BCUT2D eigenvalue weighted by Crippen LogP contribution is 2.22. The molecule has 1 rings (SSSR count). The zero-order valence-corrected chi connectivity index (χ0v) is 7.09. The second kappa shape index (κ2) is 3.65. The number of carboxylic acid groups (broad SMARTS) is 1. The average Bonchev–Trinajstić information content (AvgIpc) is 2.08. The maximum Gasteiger partial charge on any atom is 0.354 e. The minimum absolute atomic E-state index is 0.329. The number of carboxylic acids is 1. The Morgan fingerprint density at radius 1 is 1.57 bits per heavy atom. The van der Waals surface area contributed by atoms with Gasteiger partial charge in [0.25, 0.3) is 6.43 Å². The second-order valence-corrected chi connectivity index (χ2v) is 2.61. The second-order valence-electron chi connectivity index (χ2n) is 2.61. The molecular weight excluding hydrogens is 199 g/mol. The van der Waals surface area contributed by atoms with Crippen molar-refractivity contribution in [2.45, 2.75) is 13.3 Å². The molecule has 0 amide bonds. The fraction of sp³-hybridized carbons (Fsp3) is 0.250. The molecule has 0 saturated heterocycles. The summed E-state index contributed by atoms with van der Waals surface area (Å²) in [4.78, 5) is 13.5. The van der Waals surface area contributed by atoms with Crippen LogP contribution in [0.2, 0.25) is 0 Å².